The Labute approximate surface area is 91.0 Å². The standard InChI is InChI=1S/C11H20N2O2/c1-9-10(6-11(7-12)15-9)8-14-5-4-13(2)3/h6H,4-5,7-8,12H2,1-3H3. The highest BCUT2D eigenvalue weighted by Gasteiger charge is 2.05. The summed E-state index contributed by atoms with van der Waals surface area (Å²) >= 11 is 0. The van der Waals surface area contributed by atoms with Crippen molar-refractivity contribution in [1.29, 1.82) is 0 Å². The fraction of sp³-hybridized carbons (Fsp3) is 0.636. The molecular formula is C11H20N2O2. The van der Waals surface area contributed by atoms with Crippen LogP contribution in [0, 0.1) is 6.92 Å². The van der Waals surface area contributed by atoms with Crippen molar-refractivity contribution in [3.05, 3.63) is 23.2 Å². The van der Waals surface area contributed by atoms with Crippen LogP contribution in [0.1, 0.15) is 17.1 Å². The lowest BCUT2D eigenvalue weighted by Gasteiger charge is -2.09. The lowest BCUT2D eigenvalue weighted by molar-refractivity contribution is 0.104. The number of rotatable bonds is 6. The third-order valence-electron chi connectivity index (χ3n) is 2.21. The van der Waals surface area contributed by atoms with E-state index in [-0.39, 0.29) is 0 Å². The summed E-state index contributed by atoms with van der Waals surface area (Å²) in [7, 11) is 4.05. The van der Waals surface area contributed by atoms with Gasteiger partial charge < -0.3 is 19.8 Å². The normalized spacial score (nSPS) is 11.3. The maximum absolute atomic E-state index is 5.53. The van der Waals surface area contributed by atoms with Gasteiger partial charge in [0.15, 0.2) is 0 Å². The van der Waals surface area contributed by atoms with Crippen molar-refractivity contribution in [2.75, 3.05) is 27.2 Å². The Bertz CT molecular complexity index is 295. The monoisotopic (exact) mass is 212 g/mol. The third-order valence-corrected chi connectivity index (χ3v) is 2.21. The molecule has 0 spiro atoms. The van der Waals surface area contributed by atoms with Crippen molar-refractivity contribution in [2.24, 2.45) is 5.73 Å². The second kappa shape index (κ2) is 5.90. The van der Waals surface area contributed by atoms with E-state index in [0.717, 1.165) is 30.2 Å². The minimum Gasteiger partial charge on any atom is -0.465 e. The highest BCUT2D eigenvalue weighted by Crippen LogP contribution is 2.14. The summed E-state index contributed by atoms with van der Waals surface area (Å²) in [6.07, 6.45) is 0. The first-order valence-corrected chi connectivity index (χ1v) is 5.14. The number of likely N-dealkylation sites (N-methyl/N-ethyl adjacent to an activating group) is 1. The molecule has 0 aliphatic heterocycles. The maximum atomic E-state index is 5.53. The quantitative estimate of drug-likeness (QED) is 0.718. The number of furan rings is 1. The number of aryl methyl sites for hydroxylation is 1. The number of hydrogen-bond acceptors (Lipinski definition) is 4. The Morgan fingerprint density at radius 2 is 2.20 bits per heavy atom. The molecule has 0 aromatic carbocycles. The lowest BCUT2D eigenvalue weighted by Crippen LogP contribution is -2.17. The molecule has 0 radical (unpaired) electrons. The zero-order chi connectivity index (χ0) is 11.3. The average Bonchev–Trinajstić information content (AvgIpc) is 2.54. The van der Waals surface area contributed by atoms with Gasteiger partial charge in [0.1, 0.15) is 11.5 Å². The van der Waals surface area contributed by atoms with E-state index < -0.39 is 0 Å². The second-order valence-corrected chi connectivity index (χ2v) is 3.85. The lowest BCUT2D eigenvalue weighted by atomic mass is 10.2. The van der Waals surface area contributed by atoms with Gasteiger partial charge in [0.25, 0.3) is 0 Å². The van der Waals surface area contributed by atoms with Crippen molar-refractivity contribution >= 4 is 0 Å². The van der Waals surface area contributed by atoms with E-state index in [0.29, 0.717) is 13.2 Å². The number of hydrogen-bond donors (Lipinski definition) is 1. The van der Waals surface area contributed by atoms with Crippen LogP contribution in [-0.2, 0) is 17.9 Å². The fourth-order valence-corrected chi connectivity index (χ4v) is 1.26. The molecule has 0 saturated heterocycles. The van der Waals surface area contributed by atoms with Gasteiger partial charge in [-0.15, -0.1) is 0 Å². The molecule has 1 rings (SSSR count). The molecule has 0 atom stereocenters. The maximum Gasteiger partial charge on any atom is 0.118 e. The molecule has 1 heterocycles. The molecule has 2 N–H and O–H groups in total. The molecule has 0 amide bonds. The number of ether oxygens (including phenoxy) is 1. The average molecular weight is 212 g/mol. The van der Waals surface area contributed by atoms with Crippen LogP contribution in [0.4, 0.5) is 0 Å². The molecule has 0 bridgehead atoms. The number of nitrogens with zero attached hydrogens (tertiary/aromatic N) is 1. The van der Waals surface area contributed by atoms with Gasteiger partial charge in [-0.2, -0.15) is 0 Å². The van der Waals surface area contributed by atoms with Crippen molar-refractivity contribution in [2.45, 2.75) is 20.1 Å². The van der Waals surface area contributed by atoms with E-state index in [1.807, 2.05) is 27.1 Å². The summed E-state index contributed by atoms with van der Waals surface area (Å²) in [5.41, 5.74) is 6.58. The molecule has 4 heteroatoms. The molecule has 1 aromatic heterocycles. The molecule has 15 heavy (non-hydrogen) atoms. The van der Waals surface area contributed by atoms with Gasteiger partial charge in [-0.1, -0.05) is 0 Å². The Hall–Kier alpha value is -0.840. The first kappa shape index (κ1) is 12.2. The minimum absolute atomic E-state index is 0.443. The van der Waals surface area contributed by atoms with Gasteiger partial charge in [-0.25, -0.2) is 0 Å². The summed E-state index contributed by atoms with van der Waals surface area (Å²) in [4.78, 5) is 2.09. The van der Waals surface area contributed by atoms with Crippen LogP contribution in [0.25, 0.3) is 0 Å². The number of nitrogens with two attached hydrogens (primary N) is 1. The van der Waals surface area contributed by atoms with Crippen LogP contribution < -0.4 is 5.73 Å². The zero-order valence-electron chi connectivity index (χ0n) is 9.75. The van der Waals surface area contributed by atoms with E-state index in [2.05, 4.69) is 4.90 Å². The minimum atomic E-state index is 0.443. The summed E-state index contributed by atoms with van der Waals surface area (Å²) < 4.78 is 11.0. The molecule has 0 unspecified atom stereocenters. The van der Waals surface area contributed by atoms with E-state index >= 15 is 0 Å². The summed E-state index contributed by atoms with van der Waals surface area (Å²) in [6, 6.07) is 1.96. The van der Waals surface area contributed by atoms with Gasteiger partial charge in [-0.05, 0) is 27.1 Å². The summed E-state index contributed by atoms with van der Waals surface area (Å²) in [5.74, 6) is 1.72. The Balaban J connectivity index is 2.33. The fourth-order valence-electron chi connectivity index (χ4n) is 1.26. The highest BCUT2D eigenvalue weighted by molar-refractivity contribution is 5.19. The molecule has 0 aliphatic rings. The predicted octanol–water partition coefficient (Wildman–Crippen LogP) is 1.12. The Morgan fingerprint density at radius 1 is 1.47 bits per heavy atom. The van der Waals surface area contributed by atoms with E-state index in [9.17, 15) is 0 Å². The molecule has 0 aliphatic carbocycles. The van der Waals surface area contributed by atoms with Crippen LogP contribution in [-0.4, -0.2) is 32.1 Å². The van der Waals surface area contributed by atoms with Gasteiger partial charge in [0.05, 0.1) is 19.8 Å². The first-order chi connectivity index (χ1) is 7.13. The van der Waals surface area contributed by atoms with Gasteiger partial charge >= 0.3 is 0 Å². The first-order valence-electron chi connectivity index (χ1n) is 5.14. The van der Waals surface area contributed by atoms with E-state index in [1.165, 1.54) is 0 Å². The highest BCUT2D eigenvalue weighted by atomic mass is 16.5. The largest absolute Gasteiger partial charge is 0.465 e. The molecular weight excluding hydrogens is 192 g/mol. The van der Waals surface area contributed by atoms with Crippen molar-refractivity contribution in [3.8, 4) is 0 Å². The van der Waals surface area contributed by atoms with Crippen LogP contribution in [0.2, 0.25) is 0 Å². The smallest absolute Gasteiger partial charge is 0.118 e. The predicted molar refractivity (Wildman–Crippen MR) is 59.5 cm³/mol. The van der Waals surface area contributed by atoms with E-state index in [1.54, 1.807) is 0 Å². The second-order valence-electron chi connectivity index (χ2n) is 3.85. The molecule has 0 fully saturated rings. The van der Waals surface area contributed by atoms with Crippen LogP contribution in [0.15, 0.2) is 10.5 Å². The Kier molecular flexibility index (Phi) is 4.81. The summed E-state index contributed by atoms with van der Waals surface area (Å²) in [6.45, 7) is 4.64. The zero-order valence-corrected chi connectivity index (χ0v) is 9.75. The topological polar surface area (TPSA) is 51.6 Å². The Morgan fingerprint density at radius 3 is 2.73 bits per heavy atom. The molecule has 0 saturated carbocycles. The van der Waals surface area contributed by atoms with E-state index in [4.69, 9.17) is 14.9 Å². The summed E-state index contributed by atoms with van der Waals surface area (Å²) in [5, 5.41) is 0. The molecule has 4 nitrogen and oxygen atoms in total. The molecule has 1 aromatic rings. The SMILES string of the molecule is Cc1oc(CN)cc1COCCN(C)C. The third kappa shape index (κ3) is 4.03. The van der Waals surface area contributed by atoms with Crippen LogP contribution in [0.3, 0.4) is 0 Å². The van der Waals surface area contributed by atoms with Crippen LogP contribution >= 0.6 is 0 Å². The van der Waals surface area contributed by atoms with Crippen molar-refractivity contribution in [1.82, 2.24) is 4.90 Å². The van der Waals surface area contributed by atoms with Gasteiger partial charge in [0, 0.05) is 12.1 Å². The molecule has 86 valence electrons. The van der Waals surface area contributed by atoms with Crippen LogP contribution in [0.5, 0.6) is 0 Å². The van der Waals surface area contributed by atoms with Gasteiger partial charge in [-0.3, -0.25) is 0 Å². The van der Waals surface area contributed by atoms with Gasteiger partial charge in [0.2, 0.25) is 0 Å². The van der Waals surface area contributed by atoms with Crippen molar-refractivity contribution < 1.29 is 9.15 Å². The van der Waals surface area contributed by atoms with Crippen molar-refractivity contribution in [3.63, 3.8) is 0 Å².